The molecule has 2 unspecified atom stereocenters. The summed E-state index contributed by atoms with van der Waals surface area (Å²) in [5, 5.41) is 0. The molecule has 0 aromatic heterocycles. The van der Waals surface area contributed by atoms with Crippen molar-refractivity contribution in [1.29, 1.82) is 0 Å². The SMILES string of the molecule is CCCC1CC1NS(=O)(=O)c1ccc(OC)cc1CCN. The lowest BCUT2D eigenvalue weighted by Gasteiger charge is -2.12. The highest BCUT2D eigenvalue weighted by atomic mass is 32.2. The third kappa shape index (κ3) is 3.96. The van der Waals surface area contributed by atoms with Crippen LogP contribution in [0.1, 0.15) is 31.7 Å². The monoisotopic (exact) mass is 312 g/mol. The zero-order valence-corrected chi connectivity index (χ0v) is 13.4. The first-order valence-electron chi connectivity index (χ1n) is 7.41. The van der Waals surface area contributed by atoms with Gasteiger partial charge in [-0.25, -0.2) is 13.1 Å². The van der Waals surface area contributed by atoms with E-state index in [1.807, 2.05) is 0 Å². The van der Waals surface area contributed by atoms with Crippen LogP contribution in [-0.4, -0.2) is 28.1 Å². The average Bonchev–Trinajstić information content (AvgIpc) is 3.16. The van der Waals surface area contributed by atoms with Crippen LogP contribution >= 0.6 is 0 Å². The molecule has 1 aliphatic rings. The lowest BCUT2D eigenvalue weighted by molar-refractivity contribution is 0.413. The molecular formula is C15H24N2O3S. The molecule has 0 aliphatic heterocycles. The topological polar surface area (TPSA) is 81.4 Å². The maximum Gasteiger partial charge on any atom is 0.241 e. The zero-order valence-electron chi connectivity index (χ0n) is 12.6. The van der Waals surface area contributed by atoms with Crippen molar-refractivity contribution in [3.63, 3.8) is 0 Å². The van der Waals surface area contributed by atoms with Crippen LogP contribution < -0.4 is 15.2 Å². The molecule has 6 heteroatoms. The Hall–Kier alpha value is -1.11. The lowest BCUT2D eigenvalue weighted by Crippen LogP contribution is -2.28. The largest absolute Gasteiger partial charge is 0.497 e. The van der Waals surface area contributed by atoms with E-state index in [1.165, 1.54) is 0 Å². The minimum Gasteiger partial charge on any atom is -0.497 e. The van der Waals surface area contributed by atoms with E-state index in [-0.39, 0.29) is 6.04 Å². The summed E-state index contributed by atoms with van der Waals surface area (Å²) in [5.41, 5.74) is 6.29. The zero-order chi connectivity index (χ0) is 15.5. The standard InChI is InChI=1S/C15H24N2O3S/c1-3-4-11-10-14(11)17-21(18,19)15-6-5-13(20-2)9-12(15)7-8-16/h5-6,9,11,14,17H,3-4,7-8,10,16H2,1-2H3. The van der Waals surface area contributed by atoms with Gasteiger partial charge in [0.2, 0.25) is 10.0 Å². The Balaban J connectivity index is 2.19. The number of rotatable bonds is 8. The van der Waals surface area contributed by atoms with Crippen LogP contribution in [0.15, 0.2) is 23.1 Å². The van der Waals surface area contributed by atoms with Crippen LogP contribution in [0.4, 0.5) is 0 Å². The Labute approximate surface area is 126 Å². The molecule has 0 spiro atoms. The Morgan fingerprint density at radius 2 is 2.19 bits per heavy atom. The minimum absolute atomic E-state index is 0.0859. The van der Waals surface area contributed by atoms with E-state index < -0.39 is 10.0 Å². The third-order valence-corrected chi connectivity index (χ3v) is 5.45. The van der Waals surface area contributed by atoms with Crippen molar-refractivity contribution in [2.75, 3.05) is 13.7 Å². The number of hydrogen-bond donors (Lipinski definition) is 2. The van der Waals surface area contributed by atoms with E-state index in [4.69, 9.17) is 10.5 Å². The summed E-state index contributed by atoms with van der Waals surface area (Å²) in [7, 11) is -1.92. The van der Waals surface area contributed by atoms with E-state index in [2.05, 4.69) is 11.6 Å². The van der Waals surface area contributed by atoms with Crippen LogP contribution in [-0.2, 0) is 16.4 Å². The van der Waals surface area contributed by atoms with Crippen molar-refractivity contribution in [3.05, 3.63) is 23.8 Å². The first kappa shape index (κ1) is 16.3. The molecule has 0 amide bonds. The van der Waals surface area contributed by atoms with Crippen LogP contribution in [0.25, 0.3) is 0 Å². The smallest absolute Gasteiger partial charge is 0.241 e. The molecule has 1 saturated carbocycles. The fourth-order valence-electron chi connectivity index (χ4n) is 2.64. The Morgan fingerprint density at radius 3 is 2.81 bits per heavy atom. The van der Waals surface area contributed by atoms with Crippen molar-refractivity contribution in [1.82, 2.24) is 4.72 Å². The molecule has 3 N–H and O–H groups in total. The molecular weight excluding hydrogens is 288 g/mol. The Morgan fingerprint density at radius 1 is 1.43 bits per heavy atom. The molecule has 118 valence electrons. The number of nitrogens with two attached hydrogens (primary N) is 1. The highest BCUT2D eigenvalue weighted by Gasteiger charge is 2.39. The summed E-state index contributed by atoms with van der Waals surface area (Å²) in [6, 6.07) is 5.11. The predicted octanol–water partition coefficient (Wildman–Crippen LogP) is 1.66. The second-order valence-corrected chi connectivity index (χ2v) is 7.21. The van der Waals surface area contributed by atoms with E-state index in [0.717, 1.165) is 19.3 Å². The van der Waals surface area contributed by atoms with Gasteiger partial charge < -0.3 is 10.5 Å². The normalized spacial score (nSPS) is 21.3. The molecule has 0 saturated heterocycles. The van der Waals surface area contributed by atoms with Gasteiger partial charge in [0.05, 0.1) is 12.0 Å². The van der Waals surface area contributed by atoms with Crippen LogP contribution in [0.2, 0.25) is 0 Å². The summed E-state index contributed by atoms with van der Waals surface area (Å²) in [6.07, 6.45) is 3.61. The molecule has 2 rings (SSSR count). The number of hydrogen-bond acceptors (Lipinski definition) is 4. The minimum atomic E-state index is -3.49. The molecule has 1 aromatic rings. The van der Waals surface area contributed by atoms with Crippen molar-refractivity contribution in [3.8, 4) is 5.75 Å². The molecule has 5 nitrogen and oxygen atoms in total. The van der Waals surface area contributed by atoms with Gasteiger partial charge in [0.15, 0.2) is 0 Å². The van der Waals surface area contributed by atoms with E-state index >= 15 is 0 Å². The predicted molar refractivity (Wildman–Crippen MR) is 82.9 cm³/mol. The van der Waals surface area contributed by atoms with Gasteiger partial charge in [0.1, 0.15) is 5.75 Å². The highest BCUT2D eigenvalue weighted by Crippen LogP contribution is 2.36. The van der Waals surface area contributed by atoms with E-state index in [0.29, 0.717) is 35.1 Å². The summed E-state index contributed by atoms with van der Waals surface area (Å²) < 4.78 is 33.0. The second-order valence-electron chi connectivity index (χ2n) is 5.52. The summed E-state index contributed by atoms with van der Waals surface area (Å²) in [5.74, 6) is 1.13. The summed E-state index contributed by atoms with van der Waals surface area (Å²) >= 11 is 0. The molecule has 1 fully saturated rings. The van der Waals surface area contributed by atoms with Gasteiger partial charge >= 0.3 is 0 Å². The molecule has 1 aliphatic carbocycles. The van der Waals surface area contributed by atoms with Gasteiger partial charge in [-0.3, -0.25) is 0 Å². The molecule has 0 bridgehead atoms. The molecule has 0 radical (unpaired) electrons. The van der Waals surface area contributed by atoms with Gasteiger partial charge in [-0.2, -0.15) is 0 Å². The molecule has 2 atom stereocenters. The van der Waals surface area contributed by atoms with Crippen LogP contribution in [0, 0.1) is 5.92 Å². The van der Waals surface area contributed by atoms with Crippen molar-refractivity contribution >= 4 is 10.0 Å². The number of nitrogens with one attached hydrogen (secondary N) is 1. The van der Waals surface area contributed by atoms with Gasteiger partial charge in [0, 0.05) is 6.04 Å². The molecule has 1 aromatic carbocycles. The van der Waals surface area contributed by atoms with Gasteiger partial charge in [0.25, 0.3) is 0 Å². The van der Waals surface area contributed by atoms with Crippen molar-refractivity contribution in [2.24, 2.45) is 11.7 Å². The summed E-state index contributed by atoms with van der Waals surface area (Å²) in [6.45, 7) is 2.52. The number of benzene rings is 1. The van der Waals surface area contributed by atoms with Crippen LogP contribution in [0.3, 0.4) is 0 Å². The number of ether oxygens (including phenoxy) is 1. The van der Waals surface area contributed by atoms with Crippen molar-refractivity contribution in [2.45, 2.75) is 43.5 Å². The van der Waals surface area contributed by atoms with Crippen LogP contribution in [0.5, 0.6) is 5.75 Å². The fourth-order valence-corrected chi connectivity index (χ4v) is 4.21. The summed E-state index contributed by atoms with van der Waals surface area (Å²) in [4.78, 5) is 0.316. The van der Waals surface area contributed by atoms with Gasteiger partial charge in [-0.1, -0.05) is 13.3 Å². The number of methoxy groups -OCH3 is 1. The maximum atomic E-state index is 12.5. The Kier molecular flexibility index (Phi) is 5.24. The van der Waals surface area contributed by atoms with Crippen molar-refractivity contribution < 1.29 is 13.2 Å². The third-order valence-electron chi connectivity index (χ3n) is 3.86. The number of sulfonamides is 1. The fraction of sp³-hybridized carbons (Fsp3) is 0.600. The molecule has 0 heterocycles. The second kappa shape index (κ2) is 6.77. The van der Waals surface area contributed by atoms with E-state index in [1.54, 1.807) is 25.3 Å². The maximum absolute atomic E-state index is 12.5. The first-order valence-corrected chi connectivity index (χ1v) is 8.89. The quantitative estimate of drug-likeness (QED) is 0.765. The lowest BCUT2D eigenvalue weighted by atomic mass is 10.1. The van der Waals surface area contributed by atoms with E-state index in [9.17, 15) is 8.42 Å². The molecule has 21 heavy (non-hydrogen) atoms. The first-order chi connectivity index (χ1) is 10.0. The van der Waals surface area contributed by atoms with Gasteiger partial charge in [-0.15, -0.1) is 0 Å². The van der Waals surface area contributed by atoms with Gasteiger partial charge in [-0.05, 0) is 55.5 Å². The Bertz CT molecular complexity index is 587. The highest BCUT2D eigenvalue weighted by molar-refractivity contribution is 7.89. The average molecular weight is 312 g/mol.